The lowest BCUT2D eigenvalue weighted by Gasteiger charge is -2.56. The lowest BCUT2D eigenvalue weighted by atomic mass is 9.54. The third kappa shape index (κ3) is 4.51. The van der Waals surface area contributed by atoms with E-state index < -0.39 is 5.97 Å². The van der Waals surface area contributed by atoms with E-state index in [0.717, 1.165) is 55.7 Å². The van der Waals surface area contributed by atoms with E-state index in [9.17, 15) is 14.7 Å². The van der Waals surface area contributed by atoms with E-state index in [1.807, 2.05) is 0 Å². The van der Waals surface area contributed by atoms with Crippen LogP contribution in [0.2, 0.25) is 0 Å². The number of nitrogens with one attached hydrogen (secondary N) is 2. The Kier molecular flexibility index (Phi) is 5.91. The molecule has 7 nitrogen and oxygen atoms in total. The van der Waals surface area contributed by atoms with Gasteiger partial charge in [0.15, 0.2) is 5.69 Å². The molecule has 5 saturated carbocycles. The number of aromatic carboxylic acids is 1. The zero-order valence-corrected chi connectivity index (χ0v) is 20.2. The van der Waals surface area contributed by atoms with Crippen LogP contribution >= 0.6 is 0 Å². The van der Waals surface area contributed by atoms with Crippen molar-refractivity contribution in [1.82, 2.24) is 9.97 Å². The van der Waals surface area contributed by atoms with Crippen LogP contribution in [0.1, 0.15) is 109 Å². The van der Waals surface area contributed by atoms with Gasteiger partial charge in [-0.15, -0.1) is 0 Å². The number of H-pyrrole nitrogens is 1. The first kappa shape index (κ1) is 22.8. The van der Waals surface area contributed by atoms with Gasteiger partial charge in [0.1, 0.15) is 5.82 Å². The van der Waals surface area contributed by atoms with Crippen LogP contribution in [0.25, 0.3) is 0 Å². The van der Waals surface area contributed by atoms with Gasteiger partial charge in [-0.1, -0.05) is 31.4 Å². The van der Waals surface area contributed by atoms with Gasteiger partial charge in [-0.05, 0) is 81.3 Å². The van der Waals surface area contributed by atoms with Crippen LogP contribution in [-0.4, -0.2) is 32.6 Å². The van der Waals surface area contributed by atoms with Crippen molar-refractivity contribution in [2.24, 2.45) is 17.8 Å². The number of benzene rings is 1. The number of rotatable bonds is 7. The maximum Gasteiger partial charge on any atom is 0.337 e. The number of hydrogen-bond donors (Lipinski definition) is 3. The average molecular weight is 478 g/mol. The minimum absolute atomic E-state index is 0.0610. The van der Waals surface area contributed by atoms with Crippen LogP contribution in [0.3, 0.4) is 0 Å². The second kappa shape index (κ2) is 9.08. The molecule has 0 atom stereocenters. The molecule has 0 aliphatic heterocycles. The smallest absolute Gasteiger partial charge is 0.337 e. The highest BCUT2D eigenvalue weighted by atomic mass is 16.5. The van der Waals surface area contributed by atoms with Gasteiger partial charge in [0, 0.05) is 5.92 Å². The molecule has 1 aromatic heterocycles. The molecule has 1 heterocycles. The van der Waals surface area contributed by atoms with Crippen molar-refractivity contribution in [2.45, 2.75) is 88.8 Å². The molecule has 7 heteroatoms. The van der Waals surface area contributed by atoms with Gasteiger partial charge < -0.3 is 20.1 Å². The summed E-state index contributed by atoms with van der Waals surface area (Å²) in [7, 11) is 0. The lowest BCUT2D eigenvalue weighted by molar-refractivity contribution is -0.169. The van der Waals surface area contributed by atoms with Crippen molar-refractivity contribution >= 4 is 17.6 Å². The molecule has 1 aromatic carbocycles. The second-order valence-corrected chi connectivity index (χ2v) is 11.5. The molecule has 0 saturated heterocycles. The molecule has 4 bridgehead atoms. The van der Waals surface area contributed by atoms with Crippen LogP contribution in [0.4, 0.5) is 5.69 Å². The van der Waals surface area contributed by atoms with E-state index >= 15 is 0 Å². The molecule has 7 rings (SSSR count). The lowest BCUT2D eigenvalue weighted by Crippen LogP contribution is -2.51. The van der Waals surface area contributed by atoms with Crippen molar-refractivity contribution in [1.29, 1.82) is 0 Å². The Labute approximate surface area is 206 Å². The number of aromatic nitrogens is 2. The van der Waals surface area contributed by atoms with Gasteiger partial charge in [-0.3, -0.25) is 4.79 Å². The first-order valence-corrected chi connectivity index (χ1v) is 13.3. The maximum absolute atomic E-state index is 13.4. The molecule has 3 N–H and O–H groups in total. The number of imidazole rings is 1. The molecular formula is C28H35N3O4. The summed E-state index contributed by atoms with van der Waals surface area (Å²) in [6.07, 6.45) is 13.2. The maximum atomic E-state index is 13.4. The normalized spacial score (nSPS) is 29.9. The summed E-state index contributed by atoms with van der Waals surface area (Å²) in [6.45, 7) is 0.342. The highest BCUT2D eigenvalue weighted by Crippen LogP contribution is 2.57. The summed E-state index contributed by atoms with van der Waals surface area (Å²) in [5, 5.41) is 12.3. The molecule has 186 valence electrons. The van der Waals surface area contributed by atoms with Gasteiger partial charge in [0.25, 0.3) is 5.91 Å². The number of aromatic amines is 1. The largest absolute Gasteiger partial charge is 0.478 e. The van der Waals surface area contributed by atoms with Gasteiger partial charge in [-0.2, -0.15) is 0 Å². The van der Waals surface area contributed by atoms with E-state index in [1.165, 1.54) is 44.6 Å². The molecule has 5 aliphatic rings. The van der Waals surface area contributed by atoms with Crippen molar-refractivity contribution in [3.05, 3.63) is 47.0 Å². The molecule has 0 radical (unpaired) electrons. The molecule has 2 aromatic rings. The summed E-state index contributed by atoms with van der Waals surface area (Å²) < 4.78 is 6.69. The highest BCUT2D eigenvalue weighted by Gasteiger charge is 2.51. The number of nitrogens with zero attached hydrogens (tertiary/aromatic N) is 1. The quantitative estimate of drug-likeness (QED) is 0.461. The summed E-state index contributed by atoms with van der Waals surface area (Å²) in [5.74, 6) is 2.10. The number of para-hydroxylation sites is 1. The molecule has 5 aliphatic carbocycles. The van der Waals surface area contributed by atoms with Crippen molar-refractivity contribution < 1.29 is 19.4 Å². The Morgan fingerprint density at radius 2 is 1.69 bits per heavy atom. The van der Waals surface area contributed by atoms with Crippen LogP contribution in [0, 0.1) is 17.8 Å². The monoisotopic (exact) mass is 477 g/mol. The Balaban J connectivity index is 1.25. The Bertz CT molecular complexity index is 1080. The number of ether oxygens (including phenoxy) is 1. The first-order chi connectivity index (χ1) is 17.0. The zero-order valence-electron chi connectivity index (χ0n) is 20.2. The third-order valence-electron chi connectivity index (χ3n) is 8.91. The van der Waals surface area contributed by atoms with E-state index in [2.05, 4.69) is 10.3 Å². The SMILES string of the molecule is O=C(O)c1ccccc1NC(=O)c1nc(C2CCCCC2)[nH]c1COC12CC3CC(CC(C3)C1)C2. The van der Waals surface area contributed by atoms with Crippen LogP contribution in [0.15, 0.2) is 24.3 Å². The Hall–Kier alpha value is -2.67. The van der Waals surface area contributed by atoms with E-state index in [4.69, 9.17) is 9.72 Å². The highest BCUT2D eigenvalue weighted by molar-refractivity contribution is 6.07. The minimum atomic E-state index is -1.07. The number of carbonyl (C=O) groups excluding carboxylic acids is 1. The second-order valence-electron chi connectivity index (χ2n) is 11.5. The summed E-state index contributed by atoms with van der Waals surface area (Å²) >= 11 is 0. The fourth-order valence-electron chi connectivity index (χ4n) is 7.68. The predicted molar refractivity (Wildman–Crippen MR) is 131 cm³/mol. The van der Waals surface area contributed by atoms with Crippen molar-refractivity contribution in [3.8, 4) is 0 Å². The van der Waals surface area contributed by atoms with Gasteiger partial charge in [0.2, 0.25) is 0 Å². The first-order valence-electron chi connectivity index (χ1n) is 13.3. The molecule has 5 fully saturated rings. The molecule has 0 spiro atoms. The third-order valence-corrected chi connectivity index (χ3v) is 8.91. The van der Waals surface area contributed by atoms with Gasteiger partial charge >= 0.3 is 5.97 Å². The van der Waals surface area contributed by atoms with E-state index in [1.54, 1.807) is 18.2 Å². The Morgan fingerprint density at radius 3 is 2.34 bits per heavy atom. The number of carboxylic acids is 1. The predicted octanol–water partition coefficient (Wildman–Crippen LogP) is 5.89. The number of amides is 1. The van der Waals surface area contributed by atoms with Crippen molar-refractivity contribution in [3.63, 3.8) is 0 Å². The van der Waals surface area contributed by atoms with Crippen molar-refractivity contribution in [2.75, 3.05) is 5.32 Å². The van der Waals surface area contributed by atoms with Gasteiger partial charge in [-0.25, -0.2) is 9.78 Å². The summed E-state index contributed by atoms with van der Waals surface area (Å²) in [6, 6.07) is 6.48. The van der Waals surface area contributed by atoms with Crippen LogP contribution < -0.4 is 5.32 Å². The van der Waals surface area contributed by atoms with E-state index in [-0.39, 0.29) is 22.8 Å². The number of anilines is 1. The fraction of sp³-hybridized carbons (Fsp3) is 0.607. The Morgan fingerprint density at radius 1 is 1.03 bits per heavy atom. The number of carboxylic acid groups (broad SMARTS) is 1. The minimum Gasteiger partial charge on any atom is -0.478 e. The number of hydrogen-bond acceptors (Lipinski definition) is 4. The van der Waals surface area contributed by atoms with E-state index in [0.29, 0.717) is 23.9 Å². The number of carbonyl (C=O) groups is 2. The molecule has 0 unspecified atom stereocenters. The zero-order chi connectivity index (χ0) is 24.0. The average Bonchev–Trinajstić information content (AvgIpc) is 3.27. The fourth-order valence-corrected chi connectivity index (χ4v) is 7.68. The van der Waals surface area contributed by atoms with Gasteiger partial charge in [0.05, 0.1) is 29.2 Å². The summed E-state index contributed by atoms with van der Waals surface area (Å²) in [5.41, 5.74) is 1.33. The molecule has 35 heavy (non-hydrogen) atoms. The standard InChI is InChI=1S/C28H35N3O4/c32-26(30-22-9-5-4-8-21(22)27(33)34)24-23(29-25(31-24)20-6-2-1-3-7-20)16-35-28-13-17-10-18(14-28)12-19(11-17)15-28/h4-5,8-9,17-20H,1-3,6-7,10-16H2,(H,29,31)(H,30,32)(H,33,34). The molecule has 1 amide bonds. The topological polar surface area (TPSA) is 104 Å². The molecular weight excluding hydrogens is 442 g/mol. The van der Waals surface area contributed by atoms with Crippen LogP contribution in [0.5, 0.6) is 0 Å². The van der Waals surface area contributed by atoms with Crippen LogP contribution in [-0.2, 0) is 11.3 Å². The summed E-state index contributed by atoms with van der Waals surface area (Å²) in [4.78, 5) is 33.3.